The molecule has 0 fully saturated rings. The highest BCUT2D eigenvalue weighted by molar-refractivity contribution is 7.71. The van der Waals surface area contributed by atoms with Crippen molar-refractivity contribution in [3.8, 4) is 0 Å². The fourth-order valence-electron chi connectivity index (χ4n) is 2.33. The number of pyridine rings is 1. The average molecular weight is 288 g/mol. The third-order valence-corrected chi connectivity index (χ3v) is 3.41. The third-order valence-electron chi connectivity index (χ3n) is 3.09. The zero-order chi connectivity index (χ0) is 14.9. The Labute approximate surface area is 124 Å². The smallest absolute Gasteiger partial charge is 0.178 e. The minimum atomic E-state index is 0.465. The molecule has 20 heavy (non-hydrogen) atoms. The number of fused-ring (bicyclic) bond motifs is 1. The van der Waals surface area contributed by atoms with E-state index in [1.165, 1.54) is 0 Å². The van der Waals surface area contributed by atoms with E-state index in [1.807, 2.05) is 25.2 Å². The fraction of sp³-hybridized carbons (Fsp3) is 0.333. The Hall–Kier alpha value is -1.88. The van der Waals surface area contributed by atoms with E-state index < -0.39 is 0 Å². The van der Waals surface area contributed by atoms with Crippen LogP contribution in [0.1, 0.15) is 32.0 Å². The Morgan fingerprint density at radius 3 is 2.75 bits per heavy atom. The molecule has 2 rings (SSSR count). The van der Waals surface area contributed by atoms with Gasteiger partial charge in [-0.3, -0.25) is 0 Å². The molecule has 106 valence electrons. The summed E-state index contributed by atoms with van der Waals surface area (Å²) in [5, 5.41) is 0. The maximum absolute atomic E-state index is 6.05. The van der Waals surface area contributed by atoms with Crippen molar-refractivity contribution >= 4 is 41.2 Å². The van der Waals surface area contributed by atoms with Crippen molar-refractivity contribution in [3.63, 3.8) is 0 Å². The van der Waals surface area contributed by atoms with E-state index in [9.17, 15) is 0 Å². The van der Waals surface area contributed by atoms with Crippen molar-refractivity contribution < 1.29 is 0 Å². The van der Waals surface area contributed by atoms with Gasteiger partial charge in [-0.25, -0.2) is 4.98 Å². The first-order valence-electron chi connectivity index (χ1n) is 6.66. The normalized spacial score (nSPS) is 11.8. The molecule has 0 atom stereocenters. The summed E-state index contributed by atoms with van der Waals surface area (Å²) in [6.07, 6.45) is 5.68. The van der Waals surface area contributed by atoms with Crippen LogP contribution in [0.2, 0.25) is 0 Å². The first-order valence-corrected chi connectivity index (χ1v) is 7.07. The van der Waals surface area contributed by atoms with E-state index in [0.717, 1.165) is 28.8 Å². The zero-order valence-electron chi connectivity index (χ0n) is 12.1. The third kappa shape index (κ3) is 2.41. The van der Waals surface area contributed by atoms with E-state index >= 15 is 0 Å². The molecule has 4 nitrogen and oxygen atoms in total. The Morgan fingerprint density at radius 1 is 1.50 bits per heavy atom. The second kappa shape index (κ2) is 5.63. The standard InChI is InChI=1S/C15H20N4S/c1-5-7-11-10(6-2)13-12(14(16)17-11)18-15(20)19(13)8-9(3)4/h5-7,9H,2,8H2,1,3-4H3,(H2,16,17)(H,18,20)/b7-5-. The quantitative estimate of drug-likeness (QED) is 0.836. The van der Waals surface area contributed by atoms with Crippen LogP contribution in [0.25, 0.3) is 23.2 Å². The van der Waals surface area contributed by atoms with Crippen LogP contribution in [0.15, 0.2) is 12.7 Å². The molecule has 0 saturated heterocycles. The minimum absolute atomic E-state index is 0.465. The lowest BCUT2D eigenvalue weighted by Gasteiger charge is -2.11. The summed E-state index contributed by atoms with van der Waals surface area (Å²) in [6.45, 7) is 11.0. The molecule has 2 aromatic heterocycles. The number of anilines is 1. The monoisotopic (exact) mass is 288 g/mol. The number of nitrogens with two attached hydrogens (primary N) is 1. The molecule has 2 heterocycles. The summed E-state index contributed by atoms with van der Waals surface area (Å²) in [7, 11) is 0. The number of hydrogen-bond acceptors (Lipinski definition) is 3. The van der Waals surface area contributed by atoms with Crippen molar-refractivity contribution in [2.45, 2.75) is 27.3 Å². The maximum atomic E-state index is 6.05. The number of imidazole rings is 1. The molecule has 0 radical (unpaired) electrons. The van der Waals surface area contributed by atoms with Crippen LogP contribution in [0, 0.1) is 10.7 Å². The van der Waals surface area contributed by atoms with E-state index in [4.69, 9.17) is 18.0 Å². The van der Waals surface area contributed by atoms with Crippen LogP contribution >= 0.6 is 12.2 Å². The summed E-state index contributed by atoms with van der Waals surface area (Å²) in [4.78, 5) is 7.59. The first-order chi connectivity index (χ1) is 9.49. The summed E-state index contributed by atoms with van der Waals surface area (Å²) < 4.78 is 2.75. The van der Waals surface area contributed by atoms with Crippen LogP contribution in [-0.2, 0) is 6.54 Å². The van der Waals surface area contributed by atoms with Gasteiger partial charge in [-0.15, -0.1) is 0 Å². The van der Waals surface area contributed by atoms with Gasteiger partial charge < -0.3 is 15.3 Å². The van der Waals surface area contributed by atoms with Gasteiger partial charge in [0, 0.05) is 12.1 Å². The highest BCUT2D eigenvalue weighted by Gasteiger charge is 2.15. The molecule has 0 saturated carbocycles. The lowest BCUT2D eigenvalue weighted by atomic mass is 10.1. The van der Waals surface area contributed by atoms with E-state index in [-0.39, 0.29) is 0 Å². The molecule has 0 aromatic carbocycles. The average Bonchev–Trinajstić information content (AvgIpc) is 2.68. The number of H-pyrrole nitrogens is 1. The molecule has 0 bridgehead atoms. The van der Waals surface area contributed by atoms with Crippen molar-refractivity contribution in [2.24, 2.45) is 5.92 Å². The molecular formula is C15H20N4S. The molecule has 2 aromatic rings. The SMILES string of the molecule is C=Cc1c(/C=C\C)nc(N)c2[nH]c(=S)n(CC(C)C)c12. The van der Waals surface area contributed by atoms with Gasteiger partial charge in [0.15, 0.2) is 4.77 Å². The van der Waals surface area contributed by atoms with Gasteiger partial charge >= 0.3 is 0 Å². The van der Waals surface area contributed by atoms with E-state index in [2.05, 4.69) is 35.0 Å². The Kier molecular flexibility index (Phi) is 4.09. The predicted octanol–water partition coefficient (Wildman–Crippen LogP) is 4.01. The minimum Gasteiger partial charge on any atom is -0.382 e. The van der Waals surface area contributed by atoms with Crippen molar-refractivity contribution in [2.75, 3.05) is 5.73 Å². The van der Waals surface area contributed by atoms with Gasteiger partial charge in [-0.2, -0.15) is 0 Å². The van der Waals surface area contributed by atoms with Crippen LogP contribution in [0.5, 0.6) is 0 Å². The highest BCUT2D eigenvalue weighted by Crippen LogP contribution is 2.28. The summed E-state index contributed by atoms with van der Waals surface area (Å²) in [6, 6.07) is 0. The number of nitrogens with zero attached hydrogens (tertiary/aromatic N) is 2. The molecule has 0 aliphatic carbocycles. The summed E-state index contributed by atoms with van der Waals surface area (Å²) in [5.74, 6) is 0.949. The molecule has 0 aliphatic rings. The summed E-state index contributed by atoms with van der Waals surface area (Å²) >= 11 is 5.42. The van der Waals surface area contributed by atoms with E-state index in [0.29, 0.717) is 16.5 Å². The number of hydrogen-bond donors (Lipinski definition) is 2. The van der Waals surface area contributed by atoms with Crippen LogP contribution in [0.3, 0.4) is 0 Å². The summed E-state index contributed by atoms with van der Waals surface area (Å²) in [5.41, 5.74) is 9.61. The molecule has 0 unspecified atom stereocenters. The molecule has 0 amide bonds. The molecule has 0 aliphatic heterocycles. The van der Waals surface area contributed by atoms with Gasteiger partial charge in [0.25, 0.3) is 0 Å². The number of nitrogen functional groups attached to an aromatic ring is 1. The second-order valence-electron chi connectivity index (χ2n) is 5.16. The molecule has 3 N–H and O–H groups in total. The highest BCUT2D eigenvalue weighted by atomic mass is 32.1. The number of aromatic nitrogens is 3. The zero-order valence-corrected chi connectivity index (χ0v) is 12.9. The number of aromatic amines is 1. The van der Waals surface area contributed by atoms with E-state index in [1.54, 1.807) is 0 Å². The molecule has 0 spiro atoms. The first kappa shape index (κ1) is 14.5. The Bertz CT molecular complexity index is 734. The van der Waals surface area contributed by atoms with Gasteiger partial charge in [-0.1, -0.05) is 32.6 Å². The molecular weight excluding hydrogens is 268 g/mol. The van der Waals surface area contributed by atoms with Gasteiger partial charge in [0.2, 0.25) is 0 Å². The van der Waals surface area contributed by atoms with Crippen molar-refractivity contribution in [1.82, 2.24) is 14.5 Å². The number of allylic oxidation sites excluding steroid dienone is 1. The van der Waals surface area contributed by atoms with Crippen molar-refractivity contribution in [1.29, 1.82) is 0 Å². The van der Waals surface area contributed by atoms with Crippen molar-refractivity contribution in [3.05, 3.63) is 28.7 Å². The maximum Gasteiger partial charge on any atom is 0.178 e. The topological polar surface area (TPSA) is 59.6 Å². The van der Waals surface area contributed by atoms with Crippen LogP contribution < -0.4 is 5.73 Å². The van der Waals surface area contributed by atoms with Gasteiger partial charge in [0.1, 0.15) is 11.3 Å². The van der Waals surface area contributed by atoms with Crippen LogP contribution in [-0.4, -0.2) is 14.5 Å². The largest absolute Gasteiger partial charge is 0.382 e. The van der Waals surface area contributed by atoms with Gasteiger partial charge in [0.05, 0.1) is 11.2 Å². The fourth-order valence-corrected chi connectivity index (χ4v) is 2.60. The predicted molar refractivity (Wildman–Crippen MR) is 89.0 cm³/mol. The number of nitrogens with one attached hydrogen (secondary N) is 1. The Morgan fingerprint density at radius 2 is 2.20 bits per heavy atom. The Balaban J connectivity index is 2.90. The second-order valence-corrected chi connectivity index (χ2v) is 5.54. The van der Waals surface area contributed by atoms with Gasteiger partial charge in [-0.05, 0) is 31.1 Å². The lowest BCUT2D eigenvalue weighted by Crippen LogP contribution is -2.06. The lowest BCUT2D eigenvalue weighted by molar-refractivity contribution is 0.528. The van der Waals surface area contributed by atoms with Crippen LogP contribution in [0.4, 0.5) is 5.82 Å². The molecule has 5 heteroatoms. The number of rotatable bonds is 4.